The van der Waals surface area contributed by atoms with Crippen LogP contribution in [0.25, 0.3) is 0 Å². The number of anilines is 2. The molecule has 2 amide bonds. The summed E-state index contributed by atoms with van der Waals surface area (Å²) in [6, 6.07) is 20.9. The van der Waals surface area contributed by atoms with Crippen LogP contribution in [0, 0.1) is 0 Å². The summed E-state index contributed by atoms with van der Waals surface area (Å²) in [5.74, 6) is -0.833. The maximum absolute atomic E-state index is 13.4. The average Bonchev–Trinajstić information content (AvgIpc) is 2.84. The smallest absolute Gasteiger partial charge is 0.264 e. The monoisotopic (exact) mass is 499 g/mol. The number of benzene rings is 3. The van der Waals surface area contributed by atoms with Gasteiger partial charge in [-0.3, -0.25) is 13.9 Å². The quantitative estimate of drug-likeness (QED) is 0.464. The van der Waals surface area contributed by atoms with Crippen molar-refractivity contribution in [3.63, 3.8) is 0 Å². The van der Waals surface area contributed by atoms with Crippen molar-refractivity contribution in [3.8, 4) is 0 Å². The Balaban J connectivity index is 1.94. The first-order valence-electron chi connectivity index (χ1n) is 10.8. The maximum Gasteiger partial charge on any atom is 0.264 e. The van der Waals surface area contributed by atoms with Crippen LogP contribution in [0.1, 0.15) is 24.2 Å². The minimum atomic E-state index is -4.10. The summed E-state index contributed by atoms with van der Waals surface area (Å²) in [6.07, 6.45) is 0. The number of sulfonamides is 1. The van der Waals surface area contributed by atoms with Gasteiger partial charge in [0.15, 0.2) is 0 Å². The van der Waals surface area contributed by atoms with Crippen LogP contribution < -0.4 is 9.62 Å². The van der Waals surface area contributed by atoms with Gasteiger partial charge < -0.3 is 10.2 Å². The number of hydrogen-bond acceptors (Lipinski definition) is 4. The number of halogens is 1. The largest absolute Gasteiger partial charge is 0.339 e. The topological polar surface area (TPSA) is 86.8 Å². The molecule has 0 aliphatic rings. The highest BCUT2D eigenvalue weighted by Gasteiger charge is 2.29. The van der Waals surface area contributed by atoms with E-state index in [-0.39, 0.29) is 21.5 Å². The molecule has 0 fully saturated rings. The summed E-state index contributed by atoms with van der Waals surface area (Å²) in [5, 5.41) is 2.89. The first kappa shape index (κ1) is 25.3. The van der Waals surface area contributed by atoms with E-state index in [1.807, 2.05) is 13.8 Å². The lowest BCUT2D eigenvalue weighted by molar-refractivity contribution is -0.114. The van der Waals surface area contributed by atoms with Gasteiger partial charge in [0.1, 0.15) is 6.54 Å². The molecule has 3 rings (SSSR count). The lowest BCUT2D eigenvalue weighted by Crippen LogP contribution is -2.38. The predicted octanol–water partition coefficient (Wildman–Crippen LogP) is 4.66. The minimum absolute atomic E-state index is 0.0276. The number of rotatable bonds is 9. The van der Waals surface area contributed by atoms with Crippen LogP contribution in [0.15, 0.2) is 83.8 Å². The molecule has 178 valence electrons. The molecule has 0 radical (unpaired) electrons. The van der Waals surface area contributed by atoms with Gasteiger partial charge in [0.05, 0.1) is 26.9 Å². The SMILES string of the molecule is CCN(CC)C(=O)c1ccccc1NC(=O)CN(c1ccccc1Cl)S(=O)(=O)c1ccccc1. The normalized spacial score (nSPS) is 11.0. The van der Waals surface area contributed by atoms with Crippen LogP contribution in [-0.4, -0.2) is 44.8 Å². The van der Waals surface area contributed by atoms with Crippen LogP contribution in [0.3, 0.4) is 0 Å². The fraction of sp³-hybridized carbons (Fsp3) is 0.200. The van der Waals surface area contributed by atoms with E-state index in [9.17, 15) is 18.0 Å². The number of amides is 2. The Kier molecular flexibility index (Phi) is 8.31. The predicted molar refractivity (Wildman–Crippen MR) is 135 cm³/mol. The maximum atomic E-state index is 13.4. The molecule has 9 heteroatoms. The average molecular weight is 500 g/mol. The molecular weight excluding hydrogens is 474 g/mol. The highest BCUT2D eigenvalue weighted by molar-refractivity contribution is 7.92. The van der Waals surface area contributed by atoms with Gasteiger partial charge >= 0.3 is 0 Å². The van der Waals surface area contributed by atoms with E-state index in [4.69, 9.17) is 11.6 Å². The minimum Gasteiger partial charge on any atom is -0.339 e. The second-order valence-corrected chi connectivity index (χ2v) is 9.62. The van der Waals surface area contributed by atoms with Crippen molar-refractivity contribution in [3.05, 3.63) is 89.4 Å². The van der Waals surface area contributed by atoms with E-state index < -0.39 is 22.5 Å². The standard InChI is InChI=1S/C25H26ClN3O4S/c1-3-28(4-2)25(31)20-14-8-10-16-22(20)27-24(30)18-29(23-17-11-9-15-21(23)26)34(32,33)19-12-6-5-7-13-19/h5-17H,3-4,18H2,1-2H3,(H,27,30). The van der Waals surface area contributed by atoms with Crippen molar-refractivity contribution < 1.29 is 18.0 Å². The summed E-state index contributed by atoms with van der Waals surface area (Å²) in [6.45, 7) is 4.26. The summed E-state index contributed by atoms with van der Waals surface area (Å²) in [4.78, 5) is 27.6. The first-order valence-corrected chi connectivity index (χ1v) is 12.6. The van der Waals surface area contributed by atoms with E-state index in [2.05, 4.69) is 5.32 Å². The van der Waals surface area contributed by atoms with E-state index in [0.717, 1.165) is 4.31 Å². The second-order valence-electron chi connectivity index (χ2n) is 7.35. The number of hydrogen-bond donors (Lipinski definition) is 1. The van der Waals surface area contributed by atoms with E-state index in [0.29, 0.717) is 24.3 Å². The third-order valence-corrected chi connectivity index (χ3v) is 7.32. The van der Waals surface area contributed by atoms with Gasteiger partial charge in [-0.1, -0.05) is 54.1 Å². The van der Waals surface area contributed by atoms with E-state index in [1.54, 1.807) is 65.6 Å². The highest BCUT2D eigenvalue weighted by atomic mass is 35.5. The molecule has 0 unspecified atom stereocenters. The van der Waals surface area contributed by atoms with Crippen LogP contribution in [0.4, 0.5) is 11.4 Å². The number of nitrogens with zero attached hydrogens (tertiary/aromatic N) is 2. The molecule has 0 saturated heterocycles. The second kappa shape index (κ2) is 11.2. The van der Waals surface area contributed by atoms with Crippen molar-refractivity contribution in [2.45, 2.75) is 18.7 Å². The van der Waals surface area contributed by atoms with E-state index >= 15 is 0 Å². The molecule has 0 saturated carbocycles. The first-order chi connectivity index (χ1) is 16.3. The zero-order chi connectivity index (χ0) is 24.7. The summed E-state index contributed by atoms with van der Waals surface area (Å²) in [5.41, 5.74) is 0.811. The Morgan fingerprint density at radius 1 is 0.853 bits per heavy atom. The van der Waals surface area contributed by atoms with Gasteiger partial charge in [-0.15, -0.1) is 0 Å². The van der Waals surface area contributed by atoms with Crippen LogP contribution in [0.5, 0.6) is 0 Å². The van der Waals surface area contributed by atoms with Crippen molar-refractivity contribution in [2.24, 2.45) is 0 Å². The van der Waals surface area contributed by atoms with Gasteiger partial charge in [-0.05, 0) is 50.2 Å². The Morgan fingerprint density at radius 3 is 2.09 bits per heavy atom. The van der Waals surface area contributed by atoms with E-state index in [1.165, 1.54) is 18.2 Å². The van der Waals surface area contributed by atoms with Crippen LogP contribution in [-0.2, 0) is 14.8 Å². The Labute approximate surface area is 205 Å². The van der Waals surface area contributed by atoms with Gasteiger partial charge in [-0.25, -0.2) is 8.42 Å². The molecule has 0 bridgehead atoms. The van der Waals surface area contributed by atoms with Crippen LogP contribution >= 0.6 is 11.6 Å². The summed E-state index contributed by atoms with van der Waals surface area (Å²) >= 11 is 6.30. The molecule has 0 heterocycles. The molecule has 7 nitrogen and oxygen atoms in total. The fourth-order valence-electron chi connectivity index (χ4n) is 3.45. The van der Waals surface area contributed by atoms with Crippen molar-refractivity contribution in [1.29, 1.82) is 0 Å². The van der Waals surface area contributed by atoms with Gasteiger partial charge in [0.25, 0.3) is 15.9 Å². The third kappa shape index (κ3) is 5.58. The number of carbonyl (C=O) groups excluding carboxylic acids is 2. The van der Waals surface area contributed by atoms with Crippen molar-refractivity contribution in [2.75, 3.05) is 29.3 Å². The molecule has 34 heavy (non-hydrogen) atoms. The fourth-order valence-corrected chi connectivity index (χ4v) is 5.20. The molecular formula is C25H26ClN3O4S. The Bertz CT molecular complexity index is 1260. The number of para-hydroxylation sites is 2. The molecule has 0 spiro atoms. The van der Waals surface area contributed by atoms with Crippen molar-refractivity contribution in [1.82, 2.24) is 4.90 Å². The highest BCUT2D eigenvalue weighted by Crippen LogP contribution is 2.30. The Hall–Kier alpha value is -3.36. The third-order valence-electron chi connectivity index (χ3n) is 5.22. The zero-order valence-electron chi connectivity index (χ0n) is 18.9. The molecule has 3 aromatic carbocycles. The molecule has 0 aliphatic carbocycles. The van der Waals surface area contributed by atoms with Crippen molar-refractivity contribution >= 4 is 44.8 Å². The van der Waals surface area contributed by atoms with Crippen LogP contribution in [0.2, 0.25) is 5.02 Å². The zero-order valence-corrected chi connectivity index (χ0v) is 20.5. The number of nitrogens with one attached hydrogen (secondary N) is 1. The lowest BCUT2D eigenvalue weighted by Gasteiger charge is -2.25. The lowest BCUT2D eigenvalue weighted by atomic mass is 10.1. The van der Waals surface area contributed by atoms with Gasteiger partial charge in [0.2, 0.25) is 5.91 Å². The van der Waals surface area contributed by atoms with Gasteiger partial charge in [-0.2, -0.15) is 0 Å². The molecule has 1 N–H and O–H groups in total. The molecule has 0 atom stereocenters. The Morgan fingerprint density at radius 2 is 1.44 bits per heavy atom. The van der Waals surface area contributed by atoms with Gasteiger partial charge in [0, 0.05) is 13.1 Å². The molecule has 3 aromatic rings. The molecule has 0 aliphatic heterocycles. The number of carbonyl (C=O) groups is 2. The summed E-state index contributed by atoms with van der Waals surface area (Å²) in [7, 11) is -4.10. The summed E-state index contributed by atoms with van der Waals surface area (Å²) < 4.78 is 27.9. The molecule has 0 aromatic heterocycles.